The third-order valence-corrected chi connectivity index (χ3v) is 3.49. The number of benzene rings is 1. The van der Waals surface area contributed by atoms with Gasteiger partial charge >= 0.3 is 0 Å². The molecule has 3 rings (SSSR count). The molecule has 0 atom stereocenters. The van der Waals surface area contributed by atoms with E-state index in [0.717, 1.165) is 23.3 Å². The summed E-state index contributed by atoms with van der Waals surface area (Å²) in [5.41, 5.74) is 2.38. The second-order valence-electron chi connectivity index (χ2n) is 5.23. The van der Waals surface area contributed by atoms with Crippen molar-refractivity contribution in [3.05, 3.63) is 71.7 Å². The number of nitrogens with one attached hydrogen (secondary N) is 1. The summed E-state index contributed by atoms with van der Waals surface area (Å²) >= 11 is 0. The third-order valence-electron chi connectivity index (χ3n) is 3.49. The maximum Gasteiger partial charge on any atom is 0.251 e. The Morgan fingerprint density at radius 3 is 2.79 bits per heavy atom. The summed E-state index contributed by atoms with van der Waals surface area (Å²) in [5, 5.41) is 6.79. The number of pyridine rings is 1. The zero-order chi connectivity index (χ0) is 17.1. The van der Waals surface area contributed by atoms with Crippen molar-refractivity contribution in [3.63, 3.8) is 0 Å². The van der Waals surface area contributed by atoms with Gasteiger partial charge in [0.1, 0.15) is 0 Å². The zero-order valence-corrected chi connectivity index (χ0v) is 12.8. The van der Waals surface area contributed by atoms with Gasteiger partial charge in [0.05, 0.1) is 11.9 Å². The van der Waals surface area contributed by atoms with Gasteiger partial charge in [-0.05, 0) is 29.8 Å². The van der Waals surface area contributed by atoms with Crippen molar-refractivity contribution in [2.45, 2.75) is 6.54 Å². The van der Waals surface area contributed by atoms with Crippen molar-refractivity contribution in [3.8, 4) is 11.3 Å². The van der Waals surface area contributed by atoms with E-state index in [4.69, 9.17) is 0 Å². The van der Waals surface area contributed by atoms with Crippen molar-refractivity contribution in [2.24, 2.45) is 7.05 Å². The van der Waals surface area contributed by atoms with Crippen LogP contribution in [-0.2, 0) is 13.6 Å². The van der Waals surface area contributed by atoms with E-state index in [1.54, 1.807) is 30.2 Å². The lowest BCUT2D eigenvalue weighted by Crippen LogP contribution is -2.23. The normalized spacial score (nSPS) is 10.6. The molecule has 0 spiro atoms. The zero-order valence-electron chi connectivity index (χ0n) is 12.8. The molecule has 1 N–H and O–H groups in total. The van der Waals surface area contributed by atoms with Gasteiger partial charge in [0.15, 0.2) is 11.6 Å². The highest BCUT2D eigenvalue weighted by atomic mass is 19.2. The van der Waals surface area contributed by atoms with Crippen molar-refractivity contribution in [1.29, 1.82) is 0 Å². The minimum atomic E-state index is -1.06. The lowest BCUT2D eigenvalue weighted by atomic mass is 10.1. The molecule has 122 valence electrons. The molecule has 0 fully saturated rings. The molecule has 0 aliphatic rings. The quantitative estimate of drug-likeness (QED) is 0.801. The van der Waals surface area contributed by atoms with Crippen LogP contribution in [0.25, 0.3) is 11.3 Å². The Morgan fingerprint density at radius 2 is 2.08 bits per heavy atom. The molecule has 0 bridgehead atoms. The Bertz CT molecular complexity index is 892. The molecule has 0 saturated heterocycles. The number of aromatic nitrogens is 3. The highest BCUT2D eigenvalue weighted by Crippen LogP contribution is 2.20. The lowest BCUT2D eigenvalue weighted by molar-refractivity contribution is 0.0950. The number of amides is 1. The number of carbonyl (C=O) groups excluding carboxylic acids is 1. The van der Waals surface area contributed by atoms with E-state index in [-0.39, 0.29) is 12.1 Å². The van der Waals surface area contributed by atoms with Crippen molar-refractivity contribution in [1.82, 2.24) is 20.1 Å². The average Bonchev–Trinajstić information content (AvgIpc) is 3.01. The monoisotopic (exact) mass is 328 g/mol. The summed E-state index contributed by atoms with van der Waals surface area (Å²) in [7, 11) is 1.80. The van der Waals surface area contributed by atoms with Gasteiger partial charge in [-0.1, -0.05) is 6.07 Å². The van der Waals surface area contributed by atoms with E-state index in [1.165, 1.54) is 6.07 Å². The lowest BCUT2D eigenvalue weighted by Gasteiger charge is -2.09. The smallest absolute Gasteiger partial charge is 0.251 e. The molecule has 0 saturated carbocycles. The van der Waals surface area contributed by atoms with Crippen LogP contribution in [0.4, 0.5) is 8.78 Å². The molecule has 7 heteroatoms. The molecular weight excluding hydrogens is 314 g/mol. The van der Waals surface area contributed by atoms with Gasteiger partial charge < -0.3 is 5.32 Å². The van der Waals surface area contributed by atoms with Gasteiger partial charge in [0, 0.05) is 37.1 Å². The summed E-state index contributed by atoms with van der Waals surface area (Å²) in [6, 6.07) is 6.63. The maximum atomic E-state index is 13.2. The van der Waals surface area contributed by atoms with E-state index in [1.807, 2.05) is 12.3 Å². The number of hydrogen-bond donors (Lipinski definition) is 1. The van der Waals surface area contributed by atoms with Crippen LogP contribution in [0.5, 0.6) is 0 Å². The van der Waals surface area contributed by atoms with E-state index >= 15 is 0 Å². The summed E-state index contributed by atoms with van der Waals surface area (Å²) in [6.45, 7) is 0.204. The van der Waals surface area contributed by atoms with Crippen LogP contribution in [0.2, 0.25) is 0 Å². The minimum Gasteiger partial charge on any atom is -0.348 e. The molecule has 1 amide bonds. The van der Waals surface area contributed by atoms with Crippen LogP contribution in [0.15, 0.2) is 48.9 Å². The number of aryl methyl sites for hydroxylation is 1. The fourth-order valence-corrected chi connectivity index (χ4v) is 2.30. The summed E-state index contributed by atoms with van der Waals surface area (Å²) < 4.78 is 27.8. The first-order valence-electron chi connectivity index (χ1n) is 7.21. The fourth-order valence-electron chi connectivity index (χ4n) is 2.30. The highest BCUT2D eigenvalue weighted by Gasteiger charge is 2.12. The molecule has 0 radical (unpaired) electrons. The van der Waals surface area contributed by atoms with Crippen LogP contribution in [0.3, 0.4) is 0 Å². The van der Waals surface area contributed by atoms with E-state index in [0.29, 0.717) is 5.69 Å². The summed E-state index contributed by atoms with van der Waals surface area (Å²) in [4.78, 5) is 16.4. The van der Waals surface area contributed by atoms with E-state index in [2.05, 4.69) is 15.4 Å². The van der Waals surface area contributed by atoms with Crippen LogP contribution < -0.4 is 5.32 Å². The number of nitrogens with zero attached hydrogens (tertiary/aromatic N) is 3. The van der Waals surface area contributed by atoms with Crippen LogP contribution >= 0.6 is 0 Å². The van der Waals surface area contributed by atoms with Crippen LogP contribution in [0.1, 0.15) is 15.9 Å². The molecule has 0 unspecified atom stereocenters. The van der Waals surface area contributed by atoms with Crippen LogP contribution in [-0.4, -0.2) is 20.7 Å². The predicted molar refractivity (Wildman–Crippen MR) is 84.0 cm³/mol. The molecule has 2 heterocycles. The predicted octanol–water partition coefficient (Wildman–Crippen LogP) is 2.69. The fraction of sp³-hybridized carbons (Fsp3) is 0.118. The van der Waals surface area contributed by atoms with Gasteiger partial charge in [-0.2, -0.15) is 5.10 Å². The van der Waals surface area contributed by atoms with Crippen molar-refractivity contribution >= 4 is 5.91 Å². The first-order chi connectivity index (χ1) is 11.5. The van der Waals surface area contributed by atoms with Crippen molar-refractivity contribution < 1.29 is 13.6 Å². The van der Waals surface area contributed by atoms with Crippen molar-refractivity contribution in [2.75, 3.05) is 0 Å². The Labute approximate surface area is 137 Å². The Balaban J connectivity index is 1.77. The average molecular weight is 328 g/mol. The van der Waals surface area contributed by atoms with Crippen LogP contribution in [0, 0.1) is 11.6 Å². The number of carbonyl (C=O) groups is 1. The molecular formula is C17H14F2N4O. The van der Waals surface area contributed by atoms with Gasteiger partial charge in [-0.3, -0.25) is 14.5 Å². The molecule has 1 aromatic carbocycles. The van der Waals surface area contributed by atoms with E-state index < -0.39 is 17.5 Å². The molecule has 2 aromatic heterocycles. The maximum absolute atomic E-state index is 13.2. The summed E-state index contributed by atoms with van der Waals surface area (Å²) in [6.07, 6.45) is 5.16. The first kappa shape index (κ1) is 15.8. The van der Waals surface area contributed by atoms with Gasteiger partial charge in [-0.25, -0.2) is 8.78 Å². The molecule has 0 aliphatic carbocycles. The highest BCUT2D eigenvalue weighted by molar-refractivity contribution is 5.94. The largest absolute Gasteiger partial charge is 0.348 e. The summed E-state index contributed by atoms with van der Waals surface area (Å²) in [5.74, 6) is -2.53. The number of hydrogen-bond acceptors (Lipinski definition) is 3. The third kappa shape index (κ3) is 3.29. The molecule has 5 nitrogen and oxygen atoms in total. The first-order valence-corrected chi connectivity index (χ1v) is 7.21. The van der Waals surface area contributed by atoms with E-state index in [9.17, 15) is 13.6 Å². The topological polar surface area (TPSA) is 59.8 Å². The Hall–Kier alpha value is -3.09. The molecule has 0 aliphatic heterocycles. The number of rotatable bonds is 4. The standard InChI is InChI=1S/C17H14F2N4O/c1-23-10-13(9-22-23)16-12(3-2-6-20-16)8-21-17(24)11-4-5-14(18)15(19)7-11/h2-7,9-10H,8H2,1H3,(H,21,24). The Kier molecular flexibility index (Phi) is 4.33. The minimum absolute atomic E-state index is 0.0562. The second-order valence-corrected chi connectivity index (χ2v) is 5.23. The second kappa shape index (κ2) is 6.57. The number of halogens is 2. The van der Waals surface area contributed by atoms with Gasteiger partial charge in [0.2, 0.25) is 0 Å². The molecule has 24 heavy (non-hydrogen) atoms. The van der Waals surface area contributed by atoms with Gasteiger partial charge in [-0.15, -0.1) is 0 Å². The van der Waals surface area contributed by atoms with Gasteiger partial charge in [0.25, 0.3) is 5.91 Å². The SMILES string of the molecule is Cn1cc(-c2ncccc2CNC(=O)c2ccc(F)c(F)c2)cn1. The molecule has 3 aromatic rings. The Morgan fingerprint density at radius 1 is 1.25 bits per heavy atom.